The van der Waals surface area contributed by atoms with E-state index in [0.717, 1.165) is 17.0 Å². The van der Waals surface area contributed by atoms with E-state index in [1.54, 1.807) is 6.20 Å². The Hall–Kier alpha value is -1.42. The first-order chi connectivity index (χ1) is 6.18. The Bertz CT molecular complexity index is 430. The lowest BCUT2D eigenvalue weighted by Gasteiger charge is -2.04. The lowest BCUT2D eigenvalue weighted by Crippen LogP contribution is -2.09. The average Bonchev–Trinajstić information content (AvgIpc) is 2.43. The summed E-state index contributed by atoms with van der Waals surface area (Å²) in [6.07, 6.45) is 5.58. The molecule has 0 spiro atoms. The lowest BCUT2D eigenvalue weighted by atomic mass is 10.2. The van der Waals surface area contributed by atoms with Crippen LogP contribution in [0.25, 0.3) is 5.65 Å². The van der Waals surface area contributed by atoms with Crippen molar-refractivity contribution in [2.45, 2.75) is 19.9 Å². The zero-order chi connectivity index (χ0) is 9.42. The van der Waals surface area contributed by atoms with Gasteiger partial charge in [-0.2, -0.15) is 0 Å². The summed E-state index contributed by atoms with van der Waals surface area (Å²) in [6.45, 7) is 3.87. The fourth-order valence-electron chi connectivity index (χ4n) is 1.38. The van der Waals surface area contributed by atoms with Crippen LogP contribution in [0.1, 0.15) is 24.4 Å². The minimum Gasteiger partial charge on any atom is -0.323 e. The van der Waals surface area contributed by atoms with Crippen molar-refractivity contribution in [2.24, 2.45) is 5.73 Å². The summed E-state index contributed by atoms with van der Waals surface area (Å²) in [6, 6.07) is -0.0782. The van der Waals surface area contributed by atoms with Crippen molar-refractivity contribution in [2.75, 3.05) is 0 Å². The summed E-state index contributed by atoms with van der Waals surface area (Å²) >= 11 is 0. The molecule has 4 nitrogen and oxygen atoms in total. The number of rotatable bonds is 1. The number of hydrogen-bond acceptors (Lipinski definition) is 3. The van der Waals surface area contributed by atoms with Crippen LogP contribution in [-0.4, -0.2) is 14.4 Å². The van der Waals surface area contributed by atoms with Gasteiger partial charge in [0.25, 0.3) is 0 Å². The topological polar surface area (TPSA) is 56.2 Å². The van der Waals surface area contributed by atoms with E-state index in [0.29, 0.717) is 0 Å². The van der Waals surface area contributed by atoms with Crippen LogP contribution in [0.15, 0.2) is 18.6 Å². The van der Waals surface area contributed by atoms with Crippen molar-refractivity contribution in [3.63, 3.8) is 0 Å². The maximum absolute atomic E-state index is 5.77. The minimum absolute atomic E-state index is 0.0782. The normalized spacial score (nSPS) is 13.5. The predicted molar refractivity (Wildman–Crippen MR) is 50.3 cm³/mol. The molecule has 1 unspecified atom stereocenters. The molecule has 0 radical (unpaired) electrons. The average molecular weight is 176 g/mol. The molecular formula is C9H12N4. The van der Waals surface area contributed by atoms with E-state index in [1.165, 1.54) is 0 Å². The second kappa shape index (κ2) is 2.81. The molecule has 2 N–H and O–H groups in total. The van der Waals surface area contributed by atoms with Crippen molar-refractivity contribution in [1.29, 1.82) is 0 Å². The molecule has 0 amide bonds. The Kier molecular flexibility index (Phi) is 1.77. The molecule has 4 heteroatoms. The van der Waals surface area contributed by atoms with Gasteiger partial charge in [-0.3, -0.25) is 4.98 Å². The van der Waals surface area contributed by atoms with Gasteiger partial charge in [-0.1, -0.05) is 0 Å². The van der Waals surface area contributed by atoms with E-state index < -0.39 is 0 Å². The maximum Gasteiger partial charge on any atom is 0.160 e. The smallest absolute Gasteiger partial charge is 0.160 e. The molecular weight excluding hydrogens is 164 g/mol. The summed E-state index contributed by atoms with van der Waals surface area (Å²) < 4.78 is 1.95. The third-order valence-electron chi connectivity index (χ3n) is 1.95. The van der Waals surface area contributed by atoms with Gasteiger partial charge in [-0.05, 0) is 13.8 Å². The zero-order valence-corrected chi connectivity index (χ0v) is 7.73. The summed E-state index contributed by atoms with van der Waals surface area (Å²) in [5.41, 5.74) is 8.45. The molecule has 0 aliphatic rings. The summed E-state index contributed by atoms with van der Waals surface area (Å²) in [7, 11) is 0. The SMILES string of the molecule is Cc1cn2ccnc(C(C)N)c2n1. The molecule has 13 heavy (non-hydrogen) atoms. The fraction of sp³-hybridized carbons (Fsp3) is 0.333. The fourth-order valence-corrected chi connectivity index (χ4v) is 1.38. The van der Waals surface area contributed by atoms with Crippen LogP contribution in [0.3, 0.4) is 0 Å². The first kappa shape index (κ1) is 8.19. The lowest BCUT2D eigenvalue weighted by molar-refractivity contribution is 0.778. The summed E-state index contributed by atoms with van der Waals surface area (Å²) in [5.74, 6) is 0. The Labute approximate surface area is 76.4 Å². The van der Waals surface area contributed by atoms with Gasteiger partial charge in [0, 0.05) is 24.6 Å². The van der Waals surface area contributed by atoms with Crippen LogP contribution in [0.2, 0.25) is 0 Å². The maximum atomic E-state index is 5.77. The third kappa shape index (κ3) is 1.29. The highest BCUT2D eigenvalue weighted by molar-refractivity contribution is 5.46. The van der Waals surface area contributed by atoms with Crippen LogP contribution < -0.4 is 5.73 Å². The van der Waals surface area contributed by atoms with Gasteiger partial charge < -0.3 is 10.1 Å². The van der Waals surface area contributed by atoms with Gasteiger partial charge >= 0.3 is 0 Å². The molecule has 0 aliphatic carbocycles. The van der Waals surface area contributed by atoms with E-state index in [2.05, 4.69) is 9.97 Å². The molecule has 0 bridgehead atoms. The number of hydrogen-bond donors (Lipinski definition) is 1. The monoisotopic (exact) mass is 176 g/mol. The molecule has 0 aromatic carbocycles. The van der Waals surface area contributed by atoms with Crippen LogP contribution in [-0.2, 0) is 0 Å². The van der Waals surface area contributed by atoms with E-state index >= 15 is 0 Å². The molecule has 2 rings (SSSR count). The minimum atomic E-state index is -0.0782. The molecule has 1 atom stereocenters. The standard InChI is InChI=1S/C9H12N4/c1-6-5-13-4-3-11-8(7(2)10)9(13)12-6/h3-5,7H,10H2,1-2H3. The number of imidazole rings is 1. The quantitative estimate of drug-likeness (QED) is 0.706. The molecule has 68 valence electrons. The number of nitrogens with two attached hydrogens (primary N) is 1. The van der Waals surface area contributed by atoms with Gasteiger partial charge in [-0.15, -0.1) is 0 Å². The Morgan fingerprint density at radius 3 is 3.00 bits per heavy atom. The third-order valence-corrected chi connectivity index (χ3v) is 1.95. The van der Waals surface area contributed by atoms with Gasteiger partial charge in [-0.25, -0.2) is 4.98 Å². The van der Waals surface area contributed by atoms with Crippen LogP contribution in [0, 0.1) is 6.92 Å². The van der Waals surface area contributed by atoms with E-state index in [4.69, 9.17) is 5.73 Å². The van der Waals surface area contributed by atoms with Gasteiger partial charge in [0.1, 0.15) is 0 Å². The molecule has 2 heterocycles. The highest BCUT2D eigenvalue weighted by Gasteiger charge is 2.08. The second-order valence-electron chi connectivity index (χ2n) is 3.21. The van der Waals surface area contributed by atoms with Gasteiger partial charge in [0.05, 0.1) is 11.4 Å². The van der Waals surface area contributed by atoms with Gasteiger partial charge in [0.2, 0.25) is 0 Å². The number of fused-ring (bicyclic) bond motifs is 1. The summed E-state index contributed by atoms with van der Waals surface area (Å²) in [4.78, 5) is 8.57. The van der Waals surface area contributed by atoms with Crippen LogP contribution in [0.4, 0.5) is 0 Å². The molecule has 0 aliphatic heterocycles. The Balaban J connectivity index is 2.75. The summed E-state index contributed by atoms with van der Waals surface area (Å²) in [5, 5.41) is 0. The first-order valence-electron chi connectivity index (χ1n) is 4.24. The van der Waals surface area contributed by atoms with E-state index in [1.807, 2.05) is 30.6 Å². The number of aryl methyl sites for hydroxylation is 1. The Morgan fingerprint density at radius 2 is 2.31 bits per heavy atom. The largest absolute Gasteiger partial charge is 0.323 e. The van der Waals surface area contributed by atoms with Crippen molar-refractivity contribution in [1.82, 2.24) is 14.4 Å². The first-order valence-corrected chi connectivity index (χ1v) is 4.24. The van der Waals surface area contributed by atoms with Crippen molar-refractivity contribution in [3.8, 4) is 0 Å². The number of nitrogens with zero attached hydrogens (tertiary/aromatic N) is 3. The zero-order valence-electron chi connectivity index (χ0n) is 7.73. The van der Waals surface area contributed by atoms with Crippen molar-refractivity contribution in [3.05, 3.63) is 30.0 Å². The Morgan fingerprint density at radius 1 is 1.54 bits per heavy atom. The van der Waals surface area contributed by atoms with Crippen molar-refractivity contribution < 1.29 is 0 Å². The molecule has 0 saturated carbocycles. The van der Waals surface area contributed by atoms with E-state index in [-0.39, 0.29) is 6.04 Å². The van der Waals surface area contributed by atoms with E-state index in [9.17, 15) is 0 Å². The highest BCUT2D eigenvalue weighted by atomic mass is 15.0. The van der Waals surface area contributed by atoms with Crippen LogP contribution >= 0.6 is 0 Å². The van der Waals surface area contributed by atoms with Crippen LogP contribution in [0.5, 0.6) is 0 Å². The number of aromatic nitrogens is 3. The molecule has 0 saturated heterocycles. The highest BCUT2D eigenvalue weighted by Crippen LogP contribution is 2.13. The second-order valence-corrected chi connectivity index (χ2v) is 3.21. The van der Waals surface area contributed by atoms with Crippen molar-refractivity contribution >= 4 is 5.65 Å². The van der Waals surface area contributed by atoms with Gasteiger partial charge in [0.15, 0.2) is 5.65 Å². The molecule has 2 aromatic heterocycles. The molecule has 0 fully saturated rings. The molecule has 2 aromatic rings. The predicted octanol–water partition coefficient (Wildman–Crippen LogP) is 1.06.